The van der Waals surface area contributed by atoms with Gasteiger partial charge in [0.25, 0.3) is 11.8 Å². The van der Waals surface area contributed by atoms with Gasteiger partial charge in [-0.1, -0.05) is 61.5 Å². The summed E-state index contributed by atoms with van der Waals surface area (Å²) in [6, 6.07) is 28.7. The van der Waals surface area contributed by atoms with Gasteiger partial charge in [-0.2, -0.15) is 0 Å². The molecule has 0 spiro atoms. The van der Waals surface area contributed by atoms with Crippen LogP contribution in [0, 0.1) is 5.92 Å². The van der Waals surface area contributed by atoms with Gasteiger partial charge in [0.15, 0.2) is 0 Å². The van der Waals surface area contributed by atoms with Gasteiger partial charge in [0.1, 0.15) is 11.9 Å². The largest absolute Gasteiger partial charge is 0.488 e. The summed E-state index contributed by atoms with van der Waals surface area (Å²) in [4.78, 5) is 43.2. The molecule has 5 rings (SSSR count). The van der Waals surface area contributed by atoms with Crippen LogP contribution in [-0.2, 0) is 17.8 Å². The number of para-hydroxylation sites is 2. The molecule has 0 bridgehead atoms. The molecule has 0 fully saturated rings. The van der Waals surface area contributed by atoms with Crippen LogP contribution in [0.1, 0.15) is 45.7 Å². The lowest BCUT2D eigenvalue weighted by molar-refractivity contribution is -0.115. The van der Waals surface area contributed by atoms with Crippen LogP contribution in [0.15, 0.2) is 97.1 Å². The summed E-state index contributed by atoms with van der Waals surface area (Å²) in [5, 5.41) is 15.8. The number of aliphatic hydroxyl groups is 1. The van der Waals surface area contributed by atoms with Crippen molar-refractivity contribution in [2.24, 2.45) is 5.92 Å². The van der Waals surface area contributed by atoms with E-state index in [0.29, 0.717) is 53.6 Å². The minimum absolute atomic E-state index is 0.0553. The third kappa shape index (κ3) is 8.58. The summed E-state index contributed by atoms with van der Waals surface area (Å²) in [6.07, 6.45) is -0.0732. The van der Waals surface area contributed by atoms with Gasteiger partial charge in [-0.3, -0.25) is 19.3 Å². The second-order valence-corrected chi connectivity index (χ2v) is 12.5. The summed E-state index contributed by atoms with van der Waals surface area (Å²) < 4.78 is 6.53. The molecule has 0 unspecified atom stereocenters. The number of rotatable bonds is 11. The van der Waals surface area contributed by atoms with Crippen LogP contribution in [0.3, 0.4) is 0 Å². The second-order valence-electron chi connectivity index (χ2n) is 12.5. The molecule has 3 atom stereocenters. The van der Waals surface area contributed by atoms with E-state index >= 15 is 0 Å². The Morgan fingerprint density at radius 1 is 0.979 bits per heavy atom. The fourth-order valence-corrected chi connectivity index (χ4v) is 5.75. The van der Waals surface area contributed by atoms with E-state index in [1.54, 1.807) is 47.4 Å². The van der Waals surface area contributed by atoms with E-state index in [9.17, 15) is 19.5 Å². The van der Waals surface area contributed by atoms with Crippen molar-refractivity contribution in [2.45, 2.75) is 39.0 Å². The zero-order valence-electron chi connectivity index (χ0n) is 27.6. The summed E-state index contributed by atoms with van der Waals surface area (Å²) >= 11 is 0. The van der Waals surface area contributed by atoms with Gasteiger partial charge in [0.2, 0.25) is 5.91 Å². The molecule has 1 aliphatic rings. The van der Waals surface area contributed by atoms with Crippen molar-refractivity contribution in [3.8, 4) is 5.75 Å². The molecule has 10 nitrogen and oxygen atoms in total. The Kier molecular flexibility index (Phi) is 11.1. The fraction of sp³-hybridized carbons (Fsp3) is 0.289. The van der Waals surface area contributed by atoms with Crippen LogP contribution in [0.25, 0.3) is 0 Å². The van der Waals surface area contributed by atoms with E-state index in [2.05, 4.69) is 15.5 Å². The number of nitrogens with zero attached hydrogens (tertiary/aromatic N) is 2. The molecule has 0 saturated heterocycles. The van der Waals surface area contributed by atoms with E-state index in [-0.39, 0.29) is 42.8 Å². The standard InChI is InChI=1S/C38H43N5O5/c1-25-21-43(26(2)24-44)38(47)31-20-30(40-36(45)19-27-9-5-4-6-10-27)17-18-34(31)48-35(25)23-42(3)22-28-13-15-29(16-14-28)37(46)41-33-12-8-7-11-32(33)39/h4-18,20,25-26,35,44H,19,21-24,39H2,1-3H3,(H,40,45)(H,41,46)/t25-,26+,35+/m0/s1. The molecule has 10 heteroatoms. The van der Waals surface area contributed by atoms with Crippen molar-refractivity contribution in [1.82, 2.24) is 9.80 Å². The number of nitrogen functional groups attached to an aromatic ring is 1. The Morgan fingerprint density at radius 2 is 1.69 bits per heavy atom. The summed E-state index contributed by atoms with van der Waals surface area (Å²) in [6.45, 7) is 5.23. The summed E-state index contributed by atoms with van der Waals surface area (Å²) in [5.41, 5.74) is 10.3. The number of carbonyl (C=O) groups excluding carboxylic acids is 3. The molecule has 0 saturated carbocycles. The lowest BCUT2D eigenvalue weighted by atomic mass is 9.99. The van der Waals surface area contributed by atoms with Crippen molar-refractivity contribution in [3.05, 3.63) is 119 Å². The number of anilines is 3. The lowest BCUT2D eigenvalue weighted by Crippen LogP contribution is -2.49. The molecular weight excluding hydrogens is 606 g/mol. The molecular formula is C38H43N5O5. The number of nitrogens with one attached hydrogen (secondary N) is 2. The Balaban J connectivity index is 1.28. The fourth-order valence-electron chi connectivity index (χ4n) is 5.75. The molecule has 0 radical (unpaired) electrons. The predicted octanol–water partition coefficient (Wildman–Crippen LogP) is 5.05. The van der Waals surface area contributed by atoms with Crippen molar-refractivity contribution in [2.75, 3.05) is 43.1 Å². The Labute approximate surface area is 281 Å². The SMILES string of the molecule is C[C@H](CO)N1C[C@H](C)[C@@H](CN(C)Cc2ccc(C(=O)Nc3ccccc3N)cc2)Oc2ccc(NC(=O)Cc3ccccc3)cc2C1=O. The second kappa shape index (κ2) is 15.6. The van der Waals surface area contributed by atoms with Crippen LogP contribution in [-0.4, -0.2) is 71.5 Å². The minimum atomic E-state index is -0.408. The van der Waals surface area contributed by atoms with Crippen LogP contribution in [0.2, 0.25) is 0 Å². The number of nitrogens with two attached hydrogens (primary N) is 1. The molecule has 0 aliphatic carbocycles. The molecule has 4 aromatic carbocycles. The highest BCUT2D eigenvalue weighted by molar-refractivity contribution is 6.05. The third-order valence-electron chi connectivity index (χ3n) is 8.53. The normalized spacial score (nSPS) is 16.7. The van der Waals surface area contributed by atoms with Gasteiger partial charge >= 0.3 is 0 Å². The van der Waals surface area contributed by atoms with Crippen molar-refractivity contribution in [3.63, 3.8) is 0 Å². The molecule has 48 heavy (non-hydrogen) atoms. The number of aliphatic hydroxyl groups excluding tert-OH is 1. The van der Waals surface area contributed by atoms with E-state index in [0.717, 1.165) is 11.1 Å². The first kappa shape index (κ1) is 34.2. The summed E-state index contributed by atoms with van der Waals surface area (Å²) in [7, 11) is 2.00. The Morgan fingerprint density at radius 3 is 2.40 bits per heavy atom. The van der Waals surface area contributed by atoms with Gasteiger partial charge in [0, 0.05) is 36.8 Å². The maximum Gasteiger partial charge on any atom is 0.258 e. The van der Waals surface area contributed by atoms with Gasteiger partial charge in [-0.05, 0) is 67.6 Å². The molecule has 250 valence electrons. The molecule has 3 amide bonds. The number of fused-ring (bicyclic) bond motifs is 1. The highest BCUT2D eigenvalue weighted by atomic mass is 16.5. The maximum absolute atomic E-state index is 13.8. The molecule has 0 aromatic heterocycles. The third-order valence-corrected chi connectivity index (χ3v) is 8.53. The van der Waals surface area contributed by atoms with E-state index in [4.69, 9.17) is 10.5 Å². The number of ether oxygens (including phenoxy) is 1. The Bertz CT molecular complexity index is 1730. The quantitative estimate of drug-likeness (QED) is 0.167. The minimum Gasteiger partial charge on any atom is -0.488 e. The zero-order valence-corrected chi connectivity index (χ0v) is 27.6. The van der Waals surface area contributed by atoms with E-state index in [1.165, 1.54) is 0 Å². The van der Waals surface area contributed by atoms with Gasteiger partial charge in [0.05, 0.1) is 36.0 Å². The first-order chi connectivity index (χ1) is 23.1. The highest BCUT2D eigenvalue weighted by Crippen LogP contribution is 2.31. The van der Waals surface area contributed by atoms with Crippen LogP contribution in [0.4, 0.5) is 17.1 Å². The highest BCUT2D eigenvalue weighted by Gasteiger charge is 2.33. The monoisotopic (exact) mass is 649 g/mol. The van der Waals surface area contributed by atoms with Crippen LogP contribution in [0.5, 0.6) is 5.75 Å². The van der Waals surface area contributed by atoms with Crippen LogP contribution >= 0.6 is 0 Å². The number of hydrogen-bond donors (Lipinski definition) is 4. The van der Waals surface area contributed by atoms with Crippen molar-refractivity contribution < 1.29 is 24.2 Å². The summed E-state index contributed by atoms with van der Waals surface area (Å²) in [5.74, 6) is -0.318. The average Bonchev–Trinajstić information content (AvgIpc) is 3.08. The Hall–Kier alpha value is -5.19. The first-order valence-electron chi connectivity index (χ1n) is 16.1. The van der Waals surface area contributed by atoms with Crippen molar-refractivity contribution >= 4 is 34.8 Å². The lowest BCUT2D eigenvalue weighted by Gasteiger charge is -2.38. The van der Waals surface area contributed by atoms with E-state index < -0.39 is 6.04 Å². The molecule has 4 aromatic rings. The number of benzene rings is 4. The topological polar surface area (TPSA) is 137 Å². The number of hydrogen-bond acceptors (Lipinski definition) is 7. The average molecular weight is 650 g/mol. The van der Waals surface area contributed by atoms with Gasteiger partial charge in [-0.15, -0.1) is 0 Å². The first-order valence-corrected chi connectivity index (χ1v) is 16.1. The smallest absolute Gasteiger partial charge is 0.258 e. The number of likely N-dealkylation sites (N-methyl/N-ethyl adjacent to an activating group) is 1. The predicted molar refractivity (Wildman–Crippen MR) is 188 cm³/mol. The van der Waals surface area contributed by atoms with Gasteiger partial charge < -0.3 is 31.1 Å². The molecule has 5 N–H and O–H groups in total. The number of carbonyl (C=O) groups is 3. The number of amides is 3. The zero-order chi connectivity index (χ0) is 34.2. The van der Waals surface area contributed by atoms with Crippen molar-refractivity contribution in [1.29, 1.82) is 0 Å². The van der Waals surface area contributed by atoms with E-state index in [1.807, 2.05) is 75.5 Å². The molecule has 1 heterocycles. The van der Waals surface area contributed by atoms with Crippen LogP contribution < -0.4 is 21.1 Å². The maximum atomic E-state index is 13.8. The molecule has 1 aliphatic heterocycles. The van der Waals surface area contributed by atoms with Gasteiger partial charge in [-0.25, -0.2) is 0 Å².